The van der Waals surface area contributed by atoms with Gasteiger partial charge in [-0.05, 0) is 75.5 Å². The van der Waals surface area contributed by atoms with E-state index in [-0.39, 0.29) is 11.7 Å². The number of nitrogens with zero attached hydrogens (tertiary/aromatic N) is 3. The molecule has 1 amide bonds. The number of benzene rings is 2. The van der Waals surface area contributed by atoms with Crippen molar-refractivity contribution in [3.8, 4) is 5.69 Å². The maximum Gasteiger partial charge on any atom is 0.255 e. The maximum atomic E-state index is 13.3. The van der Waals surface area contributed by atoms with Crippen LogP contribution < -0.4 is 5.32 Å². The average molecular weight is 435 g/mol. The first-order chi connectivity index (χ1) is 15.4. The number of rotatable bonds is 6. The lowest BCUT2D eigenvalue weighted by Gasteiger charge is -2.33. The highest BCUT2D eigenvalue weighted by Gasteiger charge is 2.21. The van der Waals surface area contributed by atoms with Gasteiger partial charge in [-0.2, -0.15) is 5.10 Å². The summed E-state index contributed by atoms with van der Waals surface area (Å²) in [5, 5.41) is 7.60. The molecule has 1 aliphatic heterocycles. The fourth-order valence-corrected chi connectivity index (χ4v) is 4.56. The molecule has 6 heteroatoms. The van der Waals surface area contributed by atoms with E-state index in [2.05, 4.69) is 40.4 Å². The summed E-state index contributed by atoms with van der Waals surface area (Å²) in [6.07, 6.45) is 3.80. The molecule has 1 saturated heterocycles. The molecule has 0 radical (unpaired) electrons. The molecule has 1 N–H and O–H groups in total. The molecule has 0 spiro atoms. The number of nitrogens with one attached hydrogen (secondary N) is 1. The Kier molecular flexibility index (Phi) is 6.70. The van der Waals surface area contributed by atoms with Crippen LogP contribution in [0.2, 0.25) is 0 Å². The van der Waals surface area contributed by atoms with Crippen LogP contribution in [0.15, 0.2) is 48.5 Å². The van der Waals surface area contributed by atoms with Crippen molar-refractivity contribution in [2.75, 3.05) is 6.54 Å². The van der Waals surface area contributed by atoms with Crippen molar-refractivity contribution in [2.45, 2.75) is 59.2 Å². The summed E-state index contributed by atoms with van der Waals surface area (Å²) in [5.41, 5.74) is 5.09. The molecule has 4 rings (SSSR count). The highest BCUT2D eigenvalue weighted by atomic mass is 19.1. The van der Waals surface area contributed by atoms with Gasteiger partial charge in [0.1, 0.15) is 5.82 Å². The van der Waals surface area contributed by atoms with E-state index in [0.29, 0.717) is 23.8 Å². The SMILES string of the molecule is Cc1nn(-c2ccc(F)cc2)c(C)c1C(=O)NCc1ccccc1CN1CCCCC1C. The fourth-order valence-electron chi connectivity index (χ4n) is 4.56. The van der Waals surface area contributed by atoms with Crippen LogP contribution >= 0.6 is 0 Å². The molecule has 1 unspecified atom stereocenters. The zero-order valence-corrected chi connectivity index (χ0v) is 19.1. The van der Waals surface area contributed by atoms with Crippen LogP contribution in [0.5, 0.6) is 0 Å². The van der Waals surface area contributed by atoms with Gasteiger partial charge in [0.05, 0.1) is 22.6 Å². The summed E-state index contributed by atoms with van der Waals surface area (Å²) < 4.78 is 15.0. The first-order valence-electron chi connectivity index (χ1n) is 11.3. The molecular weight excluding hydrogens is 403 g/mol. The molecule has 3 aromatic rings. The van der Waals surface area contributed by atoms with Crippen molar-refractivity contribution in [1.82, 2.24) is 20.0 Å². The quantitative estimate of drug-likeness (QED) is 0.598. The Bertz CT molecular complexity index is 1090. The molecule has 5 nitrogen and oxygen atoms in total. The van der Waals surface area contributed by atoms with Gasteiger partial charge < -0.3 is 5.32 Å². The van der Waals surface area contributed by atoms with E-state index in [1.807, 2.05) is 19.9 Å². The second-order valence-electron chi connectivity index (χ2n) is 8.70. The normalized spacial score (nSPS) is 16.8. The Morgan fingerprint density at radius 2 is 1.81 bits per heavy atom. The van der Waals surface area contributed by atoms with E-state index in [4.69, 9.17) is 0 Å². The summed E-state index contributed by atoms with van der Waals surface area (Å²) in [6, 6.07) is 15.0. The highest BCUT2D eigenvalue weighted by Crippen LogP contribution is 2.22. The second-order valence-corrected chi connectivity index (χ2v) is 8.70. The zero-order valence-electron chi connectivity index (χ0n) is 19.1. The number of carbonyl (C=O) groups excluding carboxylic acids is 1. The Balaban J connectivity index is 1.48. The van der Waals surface area contributed by atoms with E-state index in [9.17, 15) is 9.18 Å². The minimum atomic E-state index is -0.300. The van der Waals surface area contributed by atoms with Gasteiger partial charge in [-0.25, -0.2) is 9.07 Å². The summed E-state index contributed by atoms with van der Waals surface area (Å²) in [7, 11) is 0. The van der Waals surface area contributed by atoms with Gasteiger partial charge in [0.15, 0.2) is 0 Å². The number of aromatic nitrogens is 2. The molecule has 1 atom stereocenters. The van der Waals surface area contributed by atoms with Crippen LogP contribution in [0.3, 0.4) is 0 Å². The summed E-state index contributed by atoms with van der Waals surface area (Å²) in [5.74, 6) is -0.444. The molecule has 1 aliphatic rings. The van der Waals surface area contributed by atoms with E-state index >= 15 is 0 Å². The van der Waals surface area contributed by atoms with Crippen molar-refractivity contribution >= 4 is 5.91 Å². The Hall–Kier alpha value is -2.99. The molecule has 32 heavy (non-hydrogen) atoms. The van der Waals surface area contributed by atoms with Gasteiger partial charge in [0, 0.05) is 19.1 Å². The predicted molar refractivity (Wildman–Crippen MR) is 124 cm³/mol. The van der Waals surface area contributed by atoms with Crippen LogP contribution in [0.1, 0.15) is 59.1 Å². The average Bonchev–Trinajstić information content (AvgIpc) is 3.09. The monoisotopic (exact) mass is 434 g/mol. The largest absolute Gasteiger partial charge is 0.348 e. The molecule has 0 bridgehead atoms. The number of hydrogen-bond donors (Lipinski definition) is 1. The number of halogens is 1. The van der Waals surface area contributed by atoms with Gasteiger partial charge in [0.25, 0.3) is 5.91 Å². The molecule has 1 aromatic heterocycles. The zero-order chi connectivity index (χ0) is 22.7. The van der Waals surface area contributed by atoms with Crippen molar-refractivity contribution in [2.24, 2.45) is 0 Å². The van der Waals surface area contributed by atoms with Crippen LogP contribution in [0.4, 0.5) is 4.39 Å². The number of piperidine rings is 1. The van der Waals surface area contributed by atoms with Crippen LogP contribution in [-0.4, -0.2) is 33.2 Å². The molecule has 0 aliphatic carbocycles. The van der Waals surface area contributed by atoms with Crippen LogP contribution in [-0.2, 0) is 13.1 Å². The van der Waals surface area contributed by atoms with Gasteiger partial charge in [-0.15, -0.1) is 0 Å². The third kappa shape index (κ3) is 4.75. The van der Waals surface area contributed by atoms with Crippen LogP contribution in [0.25, 0.3) is 5.69 Å². The van der Waals surface area contributed by atoms with Crippen molar-refractivity contribution in [1.29, 1.82) is 0 Å². The van der Waals surface area contributed by atoms with Gasteiger partial charge in [-0.3, -0.25) is 9.69 Å². The summed E-state index contributed by atoms with van der Waals surface area (Å²) in [6.45, 7) is 8.50. The van der Waals surface area contributed by atoms with E-state index in [0.717, 1.165) is 30.0 Å². The van der Waals surface area contributed by atoms with Gasteiger partial charge >= 0.3 is 0 Å². The first kappa shape index (κ1) is 22.2. The van der Waals surface area contributed by atoms with E-state index in [1.54, 1.807) is 16.8 Å². The lowest BCUT2D eigenvalue weighted by Crippen LogP contribution is -2.37. The summed E-state index contributed by atoms with van der Waals surface area (Å²) in [4.78, 5) is 15.6. The maximum absolute atomic E-state index is 13.3. The molecule has 0 saturated carbocycles. The number of amides is 1. The smallest absolute Gasteiger partial charge is 0.255 e. The lowest BCUT2D eigenvalue weighted by atomic mass is 10.0. The fraction of sp³-hybridized carbons (Fsp3) is 0.385. The molecule has 2 aromatic carbocycles. The van der Waals surface area contributed by atoms with Crippen LogP contribution in [0, 0.1) is 19.7 Å². The lowest BCUT2D eigenvalue weighted by molar-refractivity contribution is 0.0949. The van der Waals surface area contributed by atoms with E-state index in [1.165, 1.54) is 37.0 Å². The molecular formula is C26H31FN4O. The third-order valence-corrected chi connectivity index (χ3v) is 6.46. The minimum Gasteiger partial charge on any atom is -0.348 e. The van der Waals surface area contributed by atoms with Crippen molar-refractivity contribution in [3.63, 3.8) is 0 Å². The van der Waals surface area contributed by atoms with E-state index < -0.39 is 0 Å². The minimum absolute atomic E-state index is 0.144. The Morgan fingerprint density at radius 3 is 2.53 bits per heavy atom. The first-order valence-corrected chi connectivity index (χ1v) is 11.3. The van der Waals surface area contributed by atoms with Gasteiger partial charge in [0.2, 0.25) is 0 Å². The molecule has 168 valence electrons. The van der Waals surface area contributed by atoms with Gasteiger partial charge in [-0.1, -0.05) is 30.7 Å². The van der Waals surface area contributed by atoms with Crippen molar-refractivity contribution < 1.29 is 9.18 Å². The second kappa shape index (κ2) is 9.65. The topological polar surface area (TPSA) is 50.2 Å². The number of aryl methyl sites for hydroxylation is 1. The van der Waals surface area contributed by atoms with Crippen molar-refractivity contribution in [3.05, 3.63) is 82.4 Å². The molecule has 2 heterocycles. The predicted octanol–water partition coefficient (Wildman–Crippen LogP) is 4.93. The number of carbonyl (C=O) groups is 1. The Labute approximate surface area is 189 Å². The standard InChI is InChI=1S/C26H31FN4O/c1-18-8-6-7-15-30(18)17-22-10-5-4-9-21(22)16-28-26(32)25-19(2)29-31(20(25)3)24-13-11-23(27)12-14-24/h4-5,9-14,18H,6-8,15-17H2,1-3H3,(H,28,32). The number of hydrogen-bond acceptors (Lipinski definition) is 3. The number of likely N-dealkylation sites (tertiary alicyclic amines) is 1. The summed E-state index contributed by atoms with van der Waals surface area (Å²) >= 11 is 0. The molecule has 1 fully saturated rings. The Morgan fingerprint density at radius 1 is 1.09 bits per heavy atom. The third-order valence-electron chi connectivity index (χ3n) is 6.46. The highest BCUT2D eigenvalue weighted by molar-refractivity contribution is 5.96.